The second-order valence-corrected chi connectivity index (χ2v) is 13.2. The molecule has 2 heterocycles. The maximum Gasteiger partial charge on any atom is 0.302 e. The van der Waals surface area contributed by atoms with Gasteiger partial charge < -0.3 is 4.74 Å². The normalized spacial score (nSPS) is 11.7. The number of thiophene rings is 1. The van der Waals surface area contributed by atoms with Crippen LogP contribution in [0.4, 0.5) is 0 Å². The molecular weight excluding hydrogens is 460 g/mol. The minimum Gasteiger partial charge on any atom is -0.466 e. The molecule has 0 aliphatic rings. The van der Waals surface area contributed by atoms with E-state index in [9.17, 15) is 14.3 Å². The van der Waals surface area contributed by atoms with Crippen molar-refractivity contribution in [1.82, 2.24) is 4.98 Å². The van der Waals surface area contributed by atoms with E-state index in [1.165, 1.54) is 18.7 Å². The SMILES string of the molecule is CC(=O)OCCCC[SH](C)(=O)CSc1nc(-c2cccs2)cc(-c2ccccc2)c1C#N. The summed E-state index contributed by atoms with van der Waals surface area (Å²) in [4.78, 5) is 16.7. The van der Waals surface area contributed by atoms with Gasteiger partial charge in [0.2, 0.25) is 0 Å². The Balaban J connectivity index is 1.82. The number of pyridine rings is 1. The van der Waals surface area contributed by atoms with E-state index in [1.54, 1.807) is 17.6 Å². The molecule has 0 atom stereocenters. The van der Waals surface area contributed by atoms with Crippen LogP contribution in [0.2, 0.25) is 0 Å². The molecule has 0 fully saturated rings. The van der Waals surface area contributed by atoms with Crippen LogP contribution in [-0.2, 0) is 19.5 Å². The maximum absolute atomic E-state index is 13.1. The van der Waals surface area contributed by atoms with Gasteiger partial charge in [-0.3, -0.25) is 9.00 Å². The fourth-order valence-corrected chi connectivity index (χ4v) is 7.30. The summed E-state index contributed by atoms with van der Waals surface area (Å²) in [5, 5.41) is 13.0. The van der Waals surface area contributed by atoms with Crippen molar-refractivity contribution in [3.8, 4) is 27.8 Å². The first-order valence-electron chi connectivity index (χ1n) is 10.3. The predicted molar refractivity (Wildman–Crippen MR) is 135 cm³/mol. The Labute approximate surface area is 198 Å². The van der Waals surface area contributed by atoms with Crippen molar-refractivity contribution in [2.45, 2.75) is 24.8 Å². The number of unbranched alkanes of at least 4 members (excludes halogenated alkanes) is 1. The third kappa shape index (κ3) is 6.76. The molecule has 0 spiro atoms. The molecule has 0 bridgehead atoms. The number of hydrogen-bond acceptors (Lipinski definition) is 7. The Morgan fingerprint density at radius 2 is 2.00 bits per heavy atom. The van der Waals surface area contributed by atoms with E-state index in [4.69, 9.17) is 9.72 Å². The molecule has 168 valence electrons. The van der Waals surface area contributed by atoms with Gasteiger partial charge >= 0.3 is 5.97 Å². The molecular formula is C24H26N2O3S3. The molecule has 0 aliphatic carbocycles. The first kappa shape index (κ1) is 24.2. The van der Waals surface area contributed by atoms with Gasteiger partial charge in [-0.05, 0) is 42.2 Å². The maximum atomic E-state index is 13.1. The lowest BCUT2D eigenvalue weighted by Gasteiger charge is -2.19. The highest BCUT2D eigenvalue weighted by molar-refractivity contribution is 8.17. The van der Waals surface area contributed by atoms with Crippen molar-refractivity contribution < 1.29 is 13.7 Å². The van der Waals surface area contributed by atoms with Crippen molar-refractivity contribution in [3.63, 3.8) is 0 Å². The van der Waals surface area contributed by atoms with E-state index < -0.39 is 9.93 Å². The van der Waals surface area contributed by atoms with E-state index in [-0.39, 0.29) is 5.97 Å². The molecule has 3 aromatic rings. The van der Waals surface area contributed by atoms with E-state index in [0.717, 1.165) is 28.1 Å². The molecule has 1 aromatic carbocycles. The number of benzene rings is 1. The molecule has 0 amide bonds. The lowest BCUT2D eigenvalue weighted by Crippen LogP contribution is -2.18. The summed E-state index contributed by atoms with van der Waals surface area (Å²) in [7, 11) is -2.44. The monoisotopic (exact) mass is 486 g/mol. The first-order chi connectivity index (χ1) is 15.4. The van der Waals surface area contributed by atoms with Gasteiger partial charge in [-0.15, -0.1) is 11.3 Å². The van der Waals surface area contributed by atoms with Gasteiger partial charge in [-0.1, -0.05) is 58.1 Å². The molecule has 8 heteroatoms. The number of nitriles is 1. The van der Waals surface area contributed by atoms with Gasteiger partial charge in [0.25, 0.3) is 0 Å². The number of rotatable bonds is 10. The van der Waals surface area contributed by atoms with E-state index in [0.29, 0.717) is 34.5 Å². The lowest BCUT2D eigenvalue weighted by atomic mass is 10.0. The second-order valence-electron chi connectivity index (χ2n) is 7.53. The van der Waals surface area contributed by atoms with Crippen LogP contribution >= 0.6 is 23.1 Å². The summed E-state index contributed by atoms with van der Waals surface area (Å²) in [6.07, 6.45) is 3.21. The number of nitrogens with zero attached hydrogens (tertiary/aromatic N) is 2. The highest BCUT2D eigenvalue weighted by atomic mass is 32.3. The fraction of sp³-hybridized carbons (Fsp3) is 0.292. The average molecular weight is 487 g/mol. The Morgan fingerprint density at radius 3 is 2.66 bits per heavy atom. The Morgan fingerprint density at radius 1 is 1.22 bits per heavy atom. The number of carbonyl (C=O) groups is 1. The van der Waals surface area contributed by atoms with Crippen LogP contribution in [0.15, 0.2) is 58.9 Å². The van der Waals surface area contributed by atoms with Crippen LogP contribution in [0.3, 0.4) is 0 Å². The summed E-state index contributed by atoms with van der Waals surface area (Å²) in [5.74, 6) is 0.273. The minimum atomic E-state index is -2.44. The molecule has 2 aromatic heterocycles. The van der Waals surface area contributed by atoms with Gasteiger partial charge in [0.1, 0.15) is 11.1 Å². The molecule has 0 saturated carbocycles. The number of aromatic nitrogens is 1. The topological polar surface area (TPSA) is 80.1 Å². The Hall–Kier alpha value is -2.47. The highest BCUT2D eigenvalue weighted by Crippen LogP contribution is 2.36. The quantitative estimate of drug-likeness (QED) is 0.179. The Bertz CT molecular complexity index is 1140. The molecule has 0 unspecified atom stereocenters. The zero-order valence-electron chi connectivity index (χ0n) is 18.1. The van der Waals surface area contributed by atoms with E-state index >= 15 is 0 Å². The van der Waals surface area contributed by atoms with E-state index in [2.05, 4.69) is 6.07 Å². The third-order valence-corrected chi connectivity index (χ3v) is 10.2. The lowest BCUT2D eigenvalue weighted by molar-refractivity contribution is -0.141. The van der Waals surface area contributed by atoms with Crippen molar-refractivity contribution >= 4 is 39.0 Å². The number of ether oxygens (including phenoxy) is 1. The summed E-state index contributed by atoms with van der Waals surface area (Å²) >= 11 is 2.99. The standard InChI is InChI=1S/C24H26N2O3S3/c1-18(27)29-12-6-7-14-32(2,28)17-31-24-21(16-25)20(19-9-4-3-5-10-19)15-22(26-24)23-11-8-13-30-23/h3-5,8-11,13,15,32H,6-7,12,14,17H2,1-2H3. The average Bonchev–Trinajstić information content (AvgIpc) is 3.32. The largest absolute Gasteiger partial charge is 0.466 e. The number of carbonyl (C=O) groups excluding carboxylic acids is 1. The summed E-state index contributed by atoms with van der Waals surface area (Å²) in [6, 6.07) is 18.1. The van der Waals surface area contributed by atoms with Gasteiger partial charge in [-0.2, -0.15) is 5.26 Å². The van der Waals surface area contributed by atoms with Gasteiger partial charge in [-0.25, -0.2) is 4.98 Å². The van der Waals surface area contributed by atoms with Crippen molar-refractivity contribution in [1.29, 1.82) is 5.26 Å². The molecule has 0 N–H and O–H groups in total. The number of thioether (sulfide) groups is 1. The summed E-state index contributed by atoms with van der Waals surface area (Å²) in [5.41, 5.74) is 3.11. The van der Waals surface area contributed by atoms with Crippen LogP contribution in [0.25, 0.3) is 21.7 Å². The molecule has 0 radical (unpaired) electrons. The van der Waals surface area contributed by atoms with Crippen molar-refractivity contribution in [2.24, 2.45) is 0 Å². The summed E-state index contributed by atoms with van der Waals surface area (Å²) in [6.45, 7) is 1.74. The first-order valence-corrected chi connectivity index (χ1v) is 14.6. The highest BCUT2D eigenvalue weighted by Gasteiger charge is 2.18. The molecule has 32 heavy (non-hydrogen) atoms. The zero-order chi connectivity index (χ0) is 23.0. The summed E-state index contributed by atoms with van der Waals surface area (Å²) < 4.78 is 18.1. The molecule has 0 aliphatic heterocycles. The van der Waals surface area contributed by atoms with Gasteiger partial charge in [0.05, 0.1) is 27.8 Å². The predicted octanol–water partition coefficient (Wildman–Crippen LogP) is 5.39. The smallest absolute Gasteiger partial charge is 0.302 e. The number of thiol groups is 1. The Kier molecular flexibility index (Phi) is 8.62. The number of esters is 1. The van der Waals surface area contributed by atoms with Crippen LogP contribution in [0.5, 0.6) is 0 Å². The molecule has 3 rings (SSSR count). The zero-order valence-corrected chi connectivity index (χ0v) is 20.6. The van der Waals surface area contributed by atoms with E-state index in [1.807, 2.05) is 53.9 Å². The minimum absolute atomic E-state index is 0.296. The van der Waals surface area contributed by atoms with Crippen LogP contribution in [-0.4, -0.2) is 38.9 Å². The van der Waals surface area contributed by atoms with Crippen LogP contribution in [0.1, 0.15) is 25.3 Å². The molecule has 5 nitrogen and oxygen atoms in total. The third-order valence-electron chi connectivity index (χ3n) is 4.76. The van der Waals surface area contributed by atoms with Crippen molar-refractivity contribution in [2.75, 3.05) is 23.7 Å². The van der Waals surface area contributed by atoms with Crippen LogP contribution < -0.4 is 0 Å². The van der Waals surface area contributed by atoms with Gasteiger partial charge in [0.15, 0.2) is 0 Å². The van der Waals surface area contributed by atoms with Crippen LogP contribution in [0, 0.1) is 11.3 Å². The van der Waals surface area contributed by atoms with Crippen molar-refractivity contribution in [3.05, 3.63) is 59.5 Å². The fourth-order valence-electron chi connectivity index (χ4n) is 3.16. The molecule has 0 saturated heterocycles. The second kappa shape index (κ2) is 11.4. The van der Waals surface area contributed by atoms with Gasteiger partial charge in [0, 0.05) is 18.2 Å². The number of hydrogen-bond donors (Lipinski definition) is 1.